The number of anilines is 1. The van der Waals surface area contributed by atoms with Crippen LogP contribution in [0.25, 0.3) is 0 Å². The molecule has 74 valence electrons. The summed E-state index contributed by atoms with van der Waals surface area (Å²) in [6, 6.07) is 0. The van der Waals surface area contributed by atoms with Gasteiger partial charge in [-0.05, 0) is 15.9 Å². The molecule has 0 atom stereocenters. The predicted molar refractivity (Wildman–Crippen MR) is 49.0 cm³/mol. The van der Waals surface area contributed by atoms with Gasteiger partial charge >= 0.3 is 6.18 Å². The van der Waals surface area contributed by atoms with Crippen molar-refractivity contribution in [1.29, 1.82) is 0 Å². The molecule has 0 radical (unpaired) electrons. The van der Waals surface area contributed by atoms with E-state index in [0.717, 1.165) is 0 Å². The molecule has 0 fully saturated rings. The molecule has 2 nitrogen and oxygen atoms in total. The summed E-state index contributed by atoms with van der Waals surface area (Å²) in [5.41, 5.74) is 0. The topological polar surface area (TPSA) is 24.9 Å². The van der Waals surface area contributed by atoms with Gasteiger partial charge in [0.05, 0.1) is 6.42 Å². The number of hydrogen-bond acceptors (Lipinski definition) is 3. The van der Waals surface area contributed by atoms with Gasteiger partial charge in [0.15, 0.2) is 5.13 Å². The minimum Gasteiger partial charge on any atom is -0.361 e. The van der Waals surface area contributed by atoms with Gasteiger partial charge in [0.25, 0.3) is 0 Å². The van der Waals surface area contributed by atoms with Gasteiger partial charge in [0.1, 0.15) is 4.60 Å². The van der Waals surface area contributed by atoms with Crippen molar-refractivity contribution < 1.29 is 13.2 Å². The van der Waals surface area contributed by atoms with Gasteiger partial charge in [-0.15, -0.1) is 11.3 Å². The fraction of sp³-hybridized carbons (Fsp3) is 0.500. The lowest BCUT2D eigenvalue weighted by atomic mass is 10.4. The maximum Gasteiger partial charge on any atom is 0.390 e. The SMILES string of the molecule is FC(F)(F)CCNc1nc(Br)cs1. The van der Waals surface area contributed by atoms with Crippen molar-refractivity contribution in [3.05, 3.63) is 9.98 Å². The van der Waals surface area contributed by atoms with Gasteiger partial charge in [-0.2, -0.15) is 13.2 Å². The third-order valence-corrected chi connectivity index (χ3v) is 2.67. The second kappa shape index (κ2) is 4.28. The Kier molecular flexibility index (Phi) is 3.55. The van der Waals surface area contributed by atoms with Crippen molar-refractivity contribution in [2.75, 3.05) is 11.9 Å². The van der Waals surface area contributed by atoms with Crippen LogP contribution in [0.4, 0.5) is 18.3 Å². The summed E-state index contributed by atoms with van der Waals surface area (Å²) >= 11 is 4.36. The Morgan fingerprint density at radius 3 is 2.69 bits per heavy atom. The second-order valence-corrected chi connectivity index (χ2v) is 3.94. The van der Waals surface area contributed by atoms with Crippen molar-refractivity contribution in [3.8, 4) is 0 Å². The molecule has 1 rings (SSSR count). The molecule has 0 aliphatic heterocycles. The van der Waals surface area contributed by atoms with Gasteiger partial charge in [-0.25, -0.2) is 4.98 Å². The van der Waals surface area contributed by atoms with Gasteiger partial charge in [0, 0.05) is 11.9 Å². The maximum absolute atomic E-state index is 11.7. The number of rotatable bonds is 3. The van der Waals surface area contributed by atoms with Crippen LogP contribution < -0.4 is 5.32 Å². The highest BCUT2D eigenvalue weighted by Crippen LogP contribution is 2.22. The maximum atomic E-state index is 11.7. The van der Waals surface area contributed by atoms with Gasteiger partial charge in [0.2, 0.25) is 0 Å². The van der Waals surface area contributed by atoms with Crippen LogP contribution in [0.3, 0.4) is 0 Å². The molecule has 0 aromatic carbocycles. The van der Waals surface area contributed by atoms with Crippen LogP contribution in [0.1, 0.15) is 6.42 Å². The third-order valence-electron chi connectivity index (χ3n) is 1.16. The standard InChI is InChI=1S/C6H6BrF3N2S/c7-4-3-13-5(12-4)11-2-1-6(8,9)10/h3H,1-2H2,(H,11,12). The first-order valence-electron chi connectivity index (χ1n) is 3.39. The first kappa shape index (κ1) is 10.8. The van der Waals surface area contributed by atoms with E-state index in [1.807, 2.05) is 0 Å². The number of alkyl halides is 3. The summed E-state index contributed by atoms with van der Waals surface area (Å²) in [6.07, 6.45) is -4.95. The van der Waals surface area contributed by atoms with Crippen LogP contribution in [-0.2, 0) is 0 Å². The highest BCUT2D eigenvalue weighted by molar-refractivity contribution is 9.10. The van der Waals surface area contributed by atoms with Crippen molar-refractivity contribution in [2.45, 2.75) is 12.6 Å². The molecule has 0 amide bonds. The minimum atomic E-state index is -4.11. The van der Waals surface area contributed by atoms with Crippen molar-refractivity contribution >= 4 is 32.4 Å². The fourth-order valence-corrected chi connectivity index (χ4v) is 1.82. The van der Waals surface area contributed by atoms with Crippen LogP contribution in [0.15, 0.2) is 9.98 Å². The summed E-state index contributed by atoms with van der Waals surface area (Å²) in [6.45, 7) is -0.135. The van der Waals surface area contributed by atoms with E-state index in [9.17, 15) is 13.2 Å². The lowest BCUT2D eigenvalue weighted by Crippen LogP contribution is -2.14. The van der Waals surface area contributed by atoms with E-state index in [4.69, 9.17) is 0 Å². The molecule has 1 heterocycles. The van der Waals surface area contributed by atoms with Crippen LogP contribution in [0, 0.1) is 0 Å². The van der Waals surface area contributed by atoms with Crippen LogP contribution in [0.5, 0.6) is 0 Å². The molecule has 0 aliphatic carbocycles. The molecule has 1 aromatic rings. The van der Waals surface area contributed by atoms with Crippen molar-refractivity contribution in [3.63, 3.8) is 0 Å². The number of halogens is 4. The summed E-state index contributed by atoms with van der Waals surface area (Å²) in [7, 11) is 0. The first-order chi connectivity index (χ1) is 5.97. The van der Waals surface area contributed by atoms with E-state index in [0.29, 0.717) is 9.73 Å². The highest BCUT2D eigenvalue weighted by Gasteiger charge is 2.26. The molecule has 0 bridgehead atoms. The predicted octanol–water partition coefficient (Wildman–Crippen LogP) is 3.27. The molecular weight excluding hydrogens is 269 g/mol. The quantitative estimate of drug-likeness (QED) is 0.915. The zero-order chi connectivity index (χ0) is 9.90. The number of thiazole rings is 1. The zero-order valence-electron chi connectivity index (χ0n) is 6.36. The largest absolute Gasteiger partial charge is 0.390 e. The molecule has 0 unspecified atom stereocenters. The summed E-state index contributed by atoms with van der Waals surface area (Å²) < 4.78 is 35.7. The van der Waals surface area contributed by atoms with E-state index in [1.165, 1.54) is 11.3 Å². The van der Waals surface area contributed by atoms with Gasteiger partial charge in [-0.3, -0.25) is 0 Å². The smallest absolute Gasteiger partial charge is 0.361 e. The second-order valence-electron chi connectivity index (χ2n) is 2.27. The molecule has 0 aliphatic rings. The Balaban J connectivity index is 2.28. The highest BCUT2D eigenvalue weighted by atomic mass is 79.9. The monoisotopic (exact) mass is 274 g/mol. The lowest BCUT2D eigenvalue weighted by molar-refractivity contribution is -0.131. The summed E-state index contributed by atoms with van der Waals surface area (Å²) in [5, 5.41) is 4.78. The van der Waals surface area contributed by atoms with E-state index in [-0.39, 0.29) is 6.54 Å². The molecule has 7 heteroatoms. The molecule has 0 saturated carbocycles. The molecule has 0 spiro atoms. The Morgan fingerprint density at radius 1 is 1.54 bits per heavy atom. The molecule has 1 N–H and O–H groups in total. The van der Waals surface area contributed by atoms with Crippen LogP contribution in [0.2, 0.25) is 0 Å². The Morgan fingerprint density at radius 2 is 2.23 bits per heavy atom. The van der Waals surface area contributed by atoms with Crippen LogP contribution >= 0.6 is 27.3 Å². The average molecular weight is 275 g/mol. The summed E-state index contributed by atoms with van der Waals surface area (Å²) in [4.78, 5) is 3.89. The molecule has 1 aromatic heterocycles. The van der Waals surface area contributed by atoms with Crippen molar-refractivity contribution in [1.82, 2.24) is 4.98 Å². The Hall–Kier alpha value is -0.300. The minimum absolute atomic E-state index is 0.135. The number of nitrogens with one attached hydrogen (secondary N) is 1. The first-order valence-corrected chi connectivity index (χ1v) is 5.06. The van der Waals surface area contributed by atoms with E-state index in [1.54, 1.807) is 5.38 Å². The van der Waals surface area contributed by atoms with Gasteiger partial charge < -0.3 is 5.32 Å². The Bertz CT molecular complexity index is 273. The third kappa shape index (κ3) is 4.47. The number of hydrogen-bond donors (Lipinski definition) is 1. The molecule has 0 saturated heterocycles. The molecular formula is C6H6BrF3N2S. The van der Waals surface area contributed by atoms with Crippen LogP contribution in [-0.4, -0.2) is 17.7 Å². The normalized spacial score (nSPS) is 11.7. The number of nitrogens with zero attached hydrogens (tertiary/aromatic N) is 1. The average Bonchev–Trinajstić information content (AvgIpc) is 2.33. The van der Waals surface area contributed by atoms with Gasteiger partial charge in [-0.1, -0.05) is 0 Å². The van der Waals surface area contributed by atoms with Crippen molar-refractivity contribution in [2.24, 2.45) is 0 Å². The van der Waals surface area contributed by atoms with E-state index >= 15 is 0 Å². The summed E-state index contributed by atoms with van der Waals surface area (Å²) in [5.74, 6) is 0. The lowest BCUT2D eigenvalue weighted by Gasteiger charge is -2.05. The number of aromatic nitrogens is 1. The molecule has 13 heavy (non-hydrogen) atoms. The Labute approximate surface area is 85.3 Å². The van der Waals surface area contributed by atoms with E-state index in [2.05, 4.69) is 26.2 Å². The van der Waals surface area contributed by atoms with E-state index < -0.39 is 12.6 Å². The fourth-order valence-electron chi connectivity index (χ4n) is 0.647. The zero-order valence-corrected chi connectivity index (χ0v) is 8.76.